The molecule has 0 aliphatic carbocycles. The molecule has 0 unspecified atom stereocenters. The summed E-state index contributed by atoms with van der Waals surface area (Å²) >= 11 is 12.8. The number of nitrogens with zero attached hydrogens (tertiary/aromatic N) is 3. The molecular weight excluding hydrogens is 361 g/mol. The van der Waals surface area contributed by atoms with Crippen molar-refractivity contribution in [3.63, 3.8) is 0 Å². The highest BCUT2D eigenvalue weighted by Crippen LogP contribution is 2.47. The van der Waals surface area contributed by atoms with Gasteiger partial charge in [0.05, 0.1) is 21.4 Å². The predicted octanol–water partition coefficient (Wildman–Crippen LogP) is 4.77. The Bertz CT molecular complexity index is 691. The van der Waals surface area contributed by atoms with E-state index in [2.05, 4.69) is 9.89 Å². The Labute approximate surface area is 158 Å². The van der Waals surface area contributed by atoms with Crippen molar-refractivity contribution in [3.05, 3.63) is 22.2 Å². The molecule has 1 aromatic rings. The van der Waals surface area contributed by atoms with Gasteiger partial charge in [0.15, 0.2) is 0 Å². The summed E-state index contributed by atoms with van der Waals surface area (Å²) in [6.45, 7) is 10.6. The molecule has 1 aromatic carbocycles. The second kappa shape index (κ2) is 6.36. The summed E-state index contributed by atoms with van der Waals surface area (Å²) < 4.78 is 5.41. The molecule has 2 heterocycles. The van der Waals surface area contributed by atoms with Gasteiger partial charge in [-0.05, 0) is 39.8 Å². The number of amides is 1. The fourth-order valence-corrected chi connectivity index (χ4v) is 4.13. The summed E-state index contributed by atoms with van der Waals surface area (Å²) in [6, 6.07) is 3.64. The maximum Gasteiger partial charge on any atom is 0.410 e. The average Bonchev–Trinajstić information content (AvgIpc) is 2.36. The standard InChI is InChI=1S/C18H23Cl2N3O2/c1-5-21-12-6-13(19)15(14(20)7-12)22-8-18(9-22)10-23(11-18)16(24)25-17(2,3)4/h5-7H,8-11H2,1-4H3. The third kappa shape index (κ3) is 3.72. The first kappa shape index (κ1) is 18.3. The van der Waals surface area contributed by atoms with Gasteiger partial charge in [-0.25, -0.2) is 4.79 Å². The number of carbonyl (C=O) groups is 1. The predicted molar refractivity (Wildman–Crippen MR) is 103 cm³/mol. The van der Waals surface area contributed by atoms with Gasteiger partial charge < -0.3 is 14.5 Å². The number of aliphatic imine (C=N–C) groups is 1. The molecule has 2 saturated heterocycles. The van der Waals surface area contributed by atoms with Crippen LogP contribution in [0.3, 0.4) is 0 Å². The zero-order chi connectivity index (χ0) is 18.4. The van der Waals surface area contributed by atoms with Gasteiger partial charge in [0.1, 0.15) is 5.60 Å². The summed E-state index contributed by atoms with van der Waals surface area (Å²) in [5, 5.41) is 1.21. The molecule has 136 valence electrons. The molecule has 3 rings (SSSR count). The molecule has 1 amide bonds. The number of anilines is 1. The normalized spacial score (nSPS) is 19.1. The van der Waals surface area contributed by atoms with E-state index in [4.69, 9.17) is 27.9 Å². The van der Waals surface area contributed by atoms with Crippen LogP contribution in [0.5, 0.6) is 0 Å². The van der Waals surface area contributed by atoms with Gasteiger partial charge in [-0.15, -0.1) is 0 Å². The first-order valence-electron chi connectivity index (χ1n) is 8.33. The summed E-state index contributed by atoms with van der Waals surface area (Å²) in [5.74, 6) is 0. The third-order valence-corrected chi connectivity index (χ3v) is 4.93. The smallest absolute Gasteiger partial charge is 0.410 e. The number of carbonyl (C=O) groups excluding carboxylic acids is 1. The van der Waals surface area contributed by atoms with Crippen molar-refractivity contribution in [2.75, 3.05) is 31.1 Å². The highest BCUT2D eigenvalue weighted by Gasteiger charge is 2.54. The lowest BCUT2D eigenvalue weighted by atomic mass is 9.73. The SMILES string of the molecule is CC=Nc1cc(Cl)c(N2CC3(CN(C(=O)OC(C)(C)C)C3)C2)c(Cl)c1. The number of likely N-dealkylation sites (tertiary alicyclic amines) is 1. The molecule has 0 aromatic heterocycles. The first-order chi connectivity index (χ1) is 11.6. The average molecular weight is 384 g/mol. The number of benzene rings is 1. The second-order valence-corrected chi connectivity index (χ2v) is 8.65. The van der Waals surface area contributed by atoms with E-state index in [0.29, 0.717) is 23.1 Å². The molecule has 0 saturated carbocycles. The molecule has 7 heteroatoms. The molecule has 25 heavy (non-hydrogen) atoms. The van der Waals surface area contributed by atoms with E-state index < -0.39 is 5.60 Å². The van der Waals surface area contributed by atoms with Crippen LogP contribution in [-0.2, 0) is 4.74 Å². The van der Waals surface area contributed by atoms with Crippen molar-refractivity contribution in [1.29, 1.82) is 0 Å². The first-order valence-corrected chi connectivity index (χ1v) is 9.09. The van der Waals surface area contributed by atoms with Crippen LogP contribution in [0.1, 0.15) is 27.7 Å². The Morgan fingerprint density at radius 3 is 2.24 bits per heavy atom. The van der Waals surface area contributed by atoms with Crippen LogP contribution in [0.2, 0.25) is 10.0 Å². The molecule has 2 aliphatic heterocycles. The Morgan fingerprint density at radius 2 is 1.76 bits per heavy atom. The van der Waals surface area contributed by atoms with E-state index >= 15 is 0 Å². The van der Waals surface area contributed by atoms with Crippen LogP contribution in [0.4, 0.5) is 16.2 Å². The molecule has 0 atom stereocenters. The Hall–Kier alpha value is -1.46. The van der Waals surface area contributed by atoms with E-state index in [1.807, 2.05) is 39.8 Å². The van der Waals surface area contributed by atoms with Crippen molar-refractivity contribution in [1.82, 2.24) is 4.90 Å². The zero-order valence-corrected chi connectivity index (χ0v) is 16.5. The van der Waals surface area contributed by atoms with Crippen molar-refractivity contribution >= 4 is 46.9 Å². The van der Waals surface area contributed by atoms with Crippen molar-refractivity contribution in [2.24, 2.45) is 10.4 Å². The van der Waals surface area contributed by atoms with Gasteiger partial charge in [0.2, 0.25) is 0 Å². The minimum absolute atomic E-state index is 0.129. The molecule has 2 aliphatic rings. The number of halogens is 2. The molecule has 1 spiro atoms. The van der Waals surface area contributed by atoms with Crippen molar-refractivity contribution in [3.8, 4) is 0 Å². The third-order valence-electron chi connectivity index (χ3n) is 4.35. The lowest BCUT2D eigenvalue weighted by molar-refractivity contribution is -0.0452. The topological polar surface area (TPSA) is 45.1 Å². The summed E-state index contributed by atoms with van der Waals surface area (Å²) in [5.41, 5.74) is 1.26. The van der Waals surface area contributed by atoms with E-state index in [-0.39, 0.29) is 11.5 Å². The van der Waals surface area contributed by atoms with Crippen LogP contribution in [0, 0.1) is 5.41 Å². The van der Waals surface area contributed by atoms with Gasteiger partial charge in [-0.1, -0.05) is 23.2 Å². The Morgan fingerprint density at radius 1 is 1.20 bits per heavy atom. The molecule has 5 nitrogen and oxygen atoms in total. The van der Waals surface area contributed by atoms with Gasteiger partial charge in [-0.2, -0.15) is 0 Å². The molecular formula is C18H23Cl2N3O2. The van der Waals surface area contributed by atoms with Gasteiger partial charge in [0, 0.05) is 37.8 Å². The van der Waals surface area contributed by atoms with Crippen molar-refractivity contribution < 1.29 is 9.53 Å². The highest BCUT2D eigenvalue weighted by atomic mass is 35.5. The van der Waals surface area contributed by atoms with Crippen LogP contribution >= 0.6 is 23.2 Å². The van der Waals surface area contributed by atoms with Crippen LogP contribution in [0.25, 0.3) is 0 Å². The molecule has 0 N–H and O–H groups in total. The van der Waals surface area contributed by atoms with Crippen molar-refractivity contribution in [2.45, 2.75) is 33.3 Å². The van der Waals surface area contributed by atoms with Crippen LogP contribution < -0.4 is 4.90 Å². The van der Waals surface area contributed by atoms with E-state index in [0.717, 1.165) is 24.5 Å². The van der Waals surface area contributed by atoms with Gasteiger partial charge >= 0.3 is 6.09 Å². The second-order valence-electron chi connectivity index (χ2n) is 7.84. The minimum atomic E-state index is -0.463. The molecule has 2 fully saturated rings. The molecule has 0 radical (unpaired) electrons. The zero-order valence-electron chi connectivity index (χ0n) is 15.0. The number of rotatable bonds is 2. The van der Waals surface area contributed by atoms with Gasteiger partial charge in [-0.3, -0.25) is 4.99 Å². The number of ether oxygens (including phenoxy) is 1. The highest BCUT2D eigenvalue weighted by molar-refractivity contribution is 6.39. The quantitative estimate of drug-likeness (QED) is 0.690. The van der Waals surface area contributed by atoms with Gasteiger partial charge in [0.25, 0.3) is 0 Å². The van der Waals surface area contributed by atoms with Crippen LogP contribution in [0.15, 0.2) is 17.1 Å². The number of hydrogen-bond donors (Lipinski definition) is 0. The van der Waals surface area contributed by atoms with E-state index in [1.54, 1.807) is 11.1 Å². The summed E-state index contributed by atoms with van der Waals surface area (Å²) in [4.78, 5) is 20.2. The maximum atomic E-state index is 12.1. The fraction of sp³-hybridized carbons (Fsp3) is 0.556. The largest absolute Gasteiger partial charge is 0.444 e. The van der Waals surface area contributed by atoms with Crippen LogP contribution in [-0.4, -0.2) is 49.0 Å². The number of hydrogen-bond acceptors (Lipinski definition) is 4. The summed E-state index contributed by atoms with van der Waals surface area (Å²) in [7, 11) is 0. The lowest BCUT2D eigenvalue weighted by Gasteiger charge is -2.60. The lowest BCUT2D eigenvalue weighted by Crippen LogP contribution is -2.73. The fourth-order valence-electron chi connectivity index (χ4n) is 3.42. The minimum Gasteiger partial charge on any atom is -0.444 e. The maximum absolute atomic E-state index is 12.1. The Balaban J connectivity index is 1.60. The van der Waals surface area contributed by atoms with E-state index in [1.165, 1.54) is 0 Å². The summed E-state index contributed by atoms with van der Waals surface area (Å²) in [6.07, 6.45) is 1.47. The molecule has 0 bridgehead atoms. The monoisotopic (exact) mass is 383 g/mol. The van der Waals surface area contributed by atoms with E-state index in [9.17, 15) is 4.79 Å². The Kier molecular flexibility index (Phi) is 4.67.